The molecule has 42 heavy (non-hydrogen) atoms. The highest BCUT2D eigenvalue weighted by atomic mass is 32.2. The summed E-state index contributed by atoms with van der Waals surface area (Å²) in [6, 6.07) is 30.3. The van der Waals surface area contributed by atoms with E-state index in [1.54, 1.807) is 66.7 Å². The van der Waals surface area contributed by atoms with Gasteiger partial charge in [-0.3, -0.25) is 19.2 Å². The van der Waals surface area contributed by atoms with E-state index < -0.39 is 11.8 Å². The van der Waals surface area contributed by atoms with Gasteiger partial charge in [-0.05, 0) is 79.2 Å². The van der Waals surface area contributed by atoms with Gasteiger partial charge in [0.2, 0.25) is 11.8 Å². The van der Waals surface area contributed by atoms with Crippen LogP contribution in [0.25, 0.3) is 6.08 Å². The smallest absolute Gasteiger partial charge is 0.272 e. The van der Waals surface area contributed by atoms with Crippen LogP contribution in [0.5, 0.6) is 0 Å². The fourth-order valence-corrected chi connectivity index (χ4v) is 4.59. The fraction of sp³-hybridized carbons (Fsp3) is 0.0909. The summed E-state index contributed by atoms with van der Waals surface area (Å²) >= 11 is 1.35. The third-order valence-electron chi connectivity index (χ3n) is 5.85. The zero-order chi connectivity index (χ0) is 29.9. The Morgan fingerprint density at radius 3 is 1.98 bits per heavy atom. The van der Waals surface area contributed by atoms with Crippen molar-refractivity contribution < 1.29 is 19.2 Å². The van der Waals surface area contributed by atoms with Gasteiger partial charge in [-0.15, -0.1) is 11.8 Å². The first-order valence-corrected chi connectivity index (χ1v) is 14.1. The summed E-state index contributed by atoms with van der Waals surface area (Å²) in [5, 5.41) is 11.1. The second-order valence-corrected chi connectivity index (χ2v) is 10.4. The zero-order valence-corrected chi connectivity index (χ0v) is 24.0. The van der Waals surface area contributed by atoms with E-state index in [-0.39, 0.29) is 23.3 Å². The molecule has 4 aromatic carbocycles. The van der Waals surface area contributed by atoms with Crippen LogP contribution in [0.3, 0.4) is 0 Å². The molecule has 0 saturated heterocycles. The van der Waals surface area contributed by atoms with E-state index in [2.05, 4.69) is 21.3 Å². The first-order valence-electron chi connectivity index (χ1n) is 13.1. The van der Waals surface area contributed by atoms with Gasteiger partial charge < -0.3 is 21.3 Å². The molecule has 9 heteroatoms. The Bertz CT molecular complexity index is 1600. The number of aryl methyl sites for hydroxylation is 1. The van der Waals surface area contributed by atoms with E-state index in [9.17, 15) is 19.2 Å². The molecule has 0 aliphatic heterocycles. The summed E-state index contributed by atoms with van der Waals surface area (Å²) in [7, 11) is 0. The molecule has 0 saturated carbocycles. The van der Waals surface area contributed by atoms with E-state index in [1.807, 2.05) is 49.4 Å². The predicted octanol–water partition coefficient (Wildman–Crippen LogP) is 6.09. The highest BCUT2D eigenvalue weighted by Crippen LogP contribution is 2.22. The topological polar surface area (TPSA) is 116 Å². The quantitative estimate of drug-likeness (QED) is 0.134. The molecule has 0 radical (unpaired) electrons. The molecule has 0 aliphatic rings. The molecule has 4 N–H and O–H groups in total. The summed E-state index contributed by atoms with van der Waals surface area (Å²) < 4.78 is 0. The van der Waals surface area contributed by atoms with Gasteiger partial charge in [0.1, 0.15) is 5.70 Å². The van der Waals surface area contributed by atoms with Crippen molar-refractivity contribution in [3.63, 3.8) is 0 Å². The normalized spacial score (nSPS) is 10.9. The van der Waals surface area contributed by atoms with Gasteiger partial charge >= 0.3 is 0 Å². The lowest BCUT2D eigenvalue weighted by atomic mass is 10.1. The van der Waals surface area contributed by atoms with Crippen LogP contribution in [-0.2, 0) is 14.4 Å². The van der Waals surface area contributed by atoms with Crippen LogP contribution in [-0.4, -0.2) is 29.4 Å². The minimum absolute atomic E-state index is 0.106. The van der Waals surface area contributed by atoms with Crippen LogP contribution in [0.1, 0.15) is 28.4 Å². The zero-order valence-electron chi connectivity index (χ0n) is 23.1. The summed E-state index contributed by atoms with van der Waals surface area (Å²) in [5.74, 6) is -1.01. The number of amides is 4. The van der Waals surface area contributed by atoms with Gasteiger partial charge in [0.15, 0.2) is 0 Å². The number of nitrogens with one attached hydrogen (secondary N) is 4. The van der Waals surface area contributed by atoms with Gasteiger partial charge in [-0.2, -0.15) is 0 Å². The van der Waals surface area contributed by atoms with E-state index in [0.29, 0.717) is 22.6 Å². The van der Waals surface area contributed by atoms with E-state index in [0.717, 1.165) is 16.0 Å². The van der Waals surface area contributed by atoms with Crippen LogP contribution in [0.15, 0.2) is 114 Å². The minimum atomic E-state index is -0.468. The molecule has 212 valence electrons. The number of anilines is 3. The molecular formula is C33H30N4O4S. The Kier molecular flexibility index (Phi) is 10.3. The third kappa shape index (κ3) is 9.21. The number of carbonyl (C=O) groups excluding carboxylic acids is 4. The van der Waals surface area contributed by atoms with Crippen molar-refractivity contribution in [2.45, 2.75) is 18.7 Å². The van der Waals surface area contributed by atoms with Gasteiger partial charge in [0, 0.05) is 34.4 Å². The fourth-order valence-electron chi connectivity index (χ4n) is 3.89. The predicted molar refractivity (Wildman–Crippen MR) is 168 cm³/mol. The number of rotatable bonds is 10. The van der Waals surface area contributed by atoms with Crippen molar-refractivity contribution in [3.05, 3.63) is 126 Å². The highest BCUT2D eigenvalue weighted by Gasteiger charge is 2.15. The molecule has 0 aliphatic carbocycles. The summed E-state index contributed by atoms with van der Waals surface area (Å²) in [6.07, 6.45) is 1.64. The van der Waals surface area contributed by atoms with Crippen LogP contribution in [0.2, 0.25) is 0 Å². The van der Waals surface area contributed by atoms with Crippen LogP contribution >= 0.6 is 11.8 Å². The lowest BCUT2D eigenvalue weighted by Gasteiger charge is -2.12. The average molecular weight is 579 g/mol. The Hall–Kier alpha value is -5.15. The first-order chi connectivity index (χ1) is 20.2. The molecule has 0 aromatic heterocycles. The molecule has 0 spiro atoms. The first kappa shape index (κ1) is 29.8. The molecule has 0 fully saturated rings. The van der Waals surface area contributed by atoms with E-state index in [4.69, 9.17) is 0 Å². The second kappa shape index (κ2) is 14.5. The van der Waals surface area contributed by atoms with E-state index >= 15 is 0 Å². The molecule has 0 heterocycles. The number of carbonyl (C=O) groups is 4. The average Bonchev–Trinajstić information content (AvgIpc) is 2.97. The number of benzene rings is 4. The van der Waals surface area contributed by atoms with Crippen molar-refractivity contribution >= 4 is 58.5 Å². The second-order valence-electron chi connectivity index (χ2n) is 9.37. The minimum Gasteiger partial charge on any atom is -0.326 e. The molecule has 4 aromatic rings. The van der Waals surface area contributed by atoms with Crippen molar-refractivity contribution in [3.8, 4) is 0 Å². The molecule has 0 atom stereocenters. The molecule has 4 amide bonds. The Labute approximate surface area is 248 Å². The van der Waals surface area contributed by atoms with Crippen LogP contribution in [0, 0.1) is 6.92 Å². The third-order valence-corrected chi connectivity index (χ3v) is 6.87. The van der Waals surface area contributed by atoms with Crippen LogP contribution < -0.4 is 21.3 Å². The Balaban J connectivity index is 1.36. The van der Waals surface area contributed by atoms with E-state index in [1.165, 1.54) is 18.7 Å². The number of hydrogen-bond acceptors (Lipinski definition) is 5. The maximum Gasteiger partial charge on any atom is 0.272 e. The molecule has 0 unspecified atom stereocenters. The Morgan fingerprint density at radius 2 is 1.33 bits per heavy atom. The van der Waals surface area contributed by atoms with Gasteiger partial charge in [0.05, 0.1) is 5.75 Å². The van der Waals surface area contributed by atoms with Crippen LogP contribution in [0.4, 0.5) is 17.1 Å². The number of thioether (sulfide) groups is 1. The SMILES string of the molecule is CC(=O)Nc1ccc(NC(=O)CSc2ccc(NC(=O)/C(=C/c3cccc(C)c3)NC(=O)c3ccccc3)cc2)cc1. The molecule has 4 rings (SSSR count). The monoisotopic (exact) mass is 578 g/mol. The van der Waals surface area contributed by atoms with Crippen molar-refractivity contribution in [1.29, 1.82) is 0 Å². The molecule has 0 bridgehead atoms. The van der Waals surface area contributed by atoms with Crippen molar-refractivity contribution in [2.24, 2.45) is 0 Å². The summed E-state index contributed by atoms with van der Waals surface area (Å²) in [6.45, 7) is 3.39. The Morgan fingerprint density at radius 1 is 0.714 bits per heavy atom. The van der Waals surface area contributed by atoms with Gasteiger partial charge in [0.25, 0.3) is 11.8 Å². The van der Waals surface area contributed by atoms with Gasteiger partial charge in [-0.25, -0.2) is 0 Å². The lowest BCUT2D eigenvalue weighted by molar-refractivity contribution is -0.114. The van der Waals surface area contributed by atoms with Crippen molar-refractivity contribution in [1.82, 2.24) is 5.32 Å². The maximum absolute atomic E-state index is 13.2. The molecule has 8 nitrogen and oxygen atoms in total. The summed E-state index contributed by atoms with van der Waals surface area (Å²) in [5.41, 5.74) is 4.17. The molecular weight excluding hydrogens is 548 g/mol. The standard InChI is InChI=1S/C33H30N4O4S/c1-22-7-6-8-24(19-22)20-30(37-32(40)25-9-4-3-5-10-25)33(41)36-28-15-17-29(18-16-28)42-21-31(39)35-27-13-11-26(12-14-27)34-23(2)38/h3-20H,21H2,1-2H3,(H,34,38)(H,35,39)(H,36,41)(H,37,40)/b30-20-. The van der Waals surface area contributed by atoms with Crippen molar-refractivity contribution in [2.75, 3.05) is 21.7 Å². The maximum atomic E-state index is 13.2. The summed E-state index contributed by atoms with van der Waals surface area (Å²) in [4.78, 5) is 50.5. The largest absolute Gasteiger partial charge is 0.326 e. The number of hydrogen-bond donors (Lipinski definition) is 4. The van der Waals surface area contributed by atoms with Gasteiger partial charge in [-0.1, -0.05) is 48.0 Å². The highest BCUT2D eigenvalue weighted by molar-refractivity contribution is 8.00. The lowest BCUT2D eigenvalue weighted by Crippen LogP contribution is -2.30.